The van der Waals surface area contributed by atoms with Crippen molar-refractivity contribution in [1.29, 1.82) is 5.41 Å². The number of hydrogen-bond donors (Lipinski definition) is 2. The molecule has 0 heterocycles. The summed E-state index contributed by atoms with van der Waals surface area (Å²) in [6, 6.07) is 2.79. The third-order valence-electron chi connectivity index (χ3n) is 2.55. The van der Waals surface area contributed by atoms with Crippen molar-refractivity contribution in [3.8, 4) is 5.75 Å². The first-order valence-electron chi connectivity index (χ1n) is 6.49. The molecule has 128 valence electrons. The van der Waals surface area contributed by atoms with E-state index in [1.807, 2.05) is 0 Å². The fraction of sp³-hybridized carbons (Fsp3) is 0.133. The van der Waals surface area contributed by atoms with Gasteiger partial charge in [0.15, 0.2) is 12.4 Å². The van der Waals surface area contributed by atoms with E-state index >= 15 is 0 Å². The number of ether oxygens (including phenoxy) is 1. The van der Waals surface area contributed by atoms with Crippen molar-refractivity contribution in [2.75, 3.05) is 6.61 Å². The van der Waals surface area contributed by atoms with Gasteiger partial charge in [0.05, 0.1) is 15.1 Å². The number of rotatable bonds is 6. The minimum Gasteiger partial charge on any atom is -0.480 e. The number of carbonyl (C=O) groups is 1. The fourth-order valence-corrected chi connectivity index (χ4v) is 2.00. The molecule has 0 fully saturated rings. The molecule has 0 aliphatic heterocycles. The molecule has 1 aromatic carbocycles. The van der Waals surface area contributed by atoms with Crippen LogP contribution in [0.1, 0.15) is 6.92 Å². The summed E-state index contributed by atoms with van der Waals surface area (Å²) >= 11 is 17.6. The number of benzene rings is 1. The minimum absolute atomic E-state index is 0.127. The van der Waals surface area contributed by atoms with Gasteiger partial charge < -0.3 is 9.57 Å². The molecule has 0 saturated carbocycles. The highest BCUT2D eigenvalue weighted by molar-refractivity contribution is 6.43. The highest BCUT2D eigenvalue weighted by atomic mass is 35.5. The lowest BCUT2D eigenvalue weighted by atomic mass is 10.2. The molecule has 0 aliphatic rings. The lowest BCUT2D eigenvalue weighted by Crippen LogP contribution is -2.29. The van der Waals surface area contributed by atoms with Crippen molar-refractivity contribution < 1.29 is 14.4 Å². The average Bonchev–Trinajstić information content (AvgIpc) is 2.55. The summed E-state index contributed by atoms with van der Waals surface area (Å²) in [7, 11) is 0. The SMILES string of the molecule is C=N/C=C\C(=C/C)C(=N)NOC(=O)COc1cc(Cl)c(Cl)cc1Cl. The Hall–Kier alpha value is -2.02. The summed E-state index contributed by atoms with van der Waals surface area (Å²) in [5.74, 6) is -0.700. The summed E-state index contributed by atoms with van der Waals surface area (Å²) in [4.78, 5) is 19.9. The van der Waals surface area contributed by atoms with Crippen LogP contribution >= 0.6 is 34.8 Å². The van der Waals surface area contributed by atoms with Crippen LogP contribution in [-0.2, 0) is 9.63 Å². The van der Waals surface area contributed by atoms with Gasteiger partial charge in [-0.1, -0.05) is 40.9 Å². The Morgan fingerprint density at radius 3 is 2.62 bits per heavy atom. The Morgan fingerprint density at radius 2 is 2.00 bits per heavy atom. The standard InChI is InChI=1S/C15H14Cl3N3O3/c1-3-9(4-5-20-2)15(19)21-24-14(22)8-23-13-7-11(17)10(16)6-12(13)18/h3-7H,2,8H2,1H3,(H2,19,21)/b5-4-,9-3+. The molecule has 0 bridgehead atoms. The second kappa shape index (κ2) is 9.97. The number of allylic oxidation sites excluding steroid dienone is 1. The zero-order valence-corrected chi connectivity index (χ0v) is 14.9. The summed E-state index contributed by atoms with van der Waals surface area (Å²) < 4.78 is 5.21. The minimum atomic E-state index is -0.761. The lowest BCUT2D eigenvalue weighted by Gasteiger charge is -2.10. The molecule has 1 aromatic rings. The maximum absolute atomic E-state index is 11.6. The van der Waals surface area contributed by atoms with Crippen molar-refractivity contribution in [3.63, 3.8) is 0 Å². The quantitative estimate of drug-likeness (QED) is 0.250. The van der Waals surface area contributed by atoms with Crippen molar-refractivity contribution in [3.05, 3.63) is 51.1 Å². The first-order chi connectivity index (χ1) is 11.4. The molecule has 0 saturated heterocycles. The Bertz CT molecular complexity index is 703. The highest BCUT2D eigenvalue weighted by Crippen LogP contribution is 2.33. The molecule has 2 N–H and O–H groups in total. The van der Waals surface area contributed by atoms with E-state index in [2.05, 4.69) is 17.2 Å². The number of carbonyl (C=O) groups excluding carboxylic acids is 1. The molecular formula is C15H14Cl3N3O3. The number of hydroxylamine groups is 1. The maximum Gasteiger partial charge on any atom is 0.369 e. The summed E-state index contributed by atoms with van der Waals surface area (Å²) in [5.41, 5.74) is 2.67. The molecule has 0 aromatic heterocycles. The zero-order chi connectivity index (χ0) is 18.1. The van der Waals surface area contributed by atoms with E-state index in [4.69, 9.17) is 49.8 Å². The predicted molar refractivity (Wildman–Crippen MR) is 96.4 cm³/mol. The van der Waals surface area contributed by atoms with E-state index in [9.17, 15) is 4.79 Å². The van der Waals surface area contributed by atoms with Crippen LogP contribution in [0.15, 0.2) is 41.1 Å². The summed E-state index contributed by atoms with van der Waals surface area (Å²) in [5, 5.41) is 8.45. The van der Waals surface area contributed by atoms with Crippen LogP contribution in [-0.4, -0.2) is 25.1 Å². The molecule has 6 nitrogen and oxygen atoms in total. The molecular weight excluding hydrogens is 377 g/mol. The van der Waals surface area contributed by atoms with Gasteiger partial charge in [-0.25, -0.2) is 10.3 Å². The number of hydrogen-bond acceptors (Lipinski definition) is 5. The van der Waals surface area contributed by atoms with E-state index in [1.165, 1.54) is 24.4 Å². The van der Waals surface area contributed by atoms with Crippen LogP contribution in [0.4, 0.5) is 0 Å². The lowest BCUT2D eigenvalue weighted by molar-refractivity contribution is -0.150. The third-order valence-corrected chi connectivity index (χ3v) is 3.56. The monoisotopic (exact) mass is 389 g/mol. The number of aliphatic imine (C=N–C) groups is 1. The third kappa shape index (κ3) is 6.23. The number of nitrogens with one attached hydrogen (secondary N) is 2. The van der Waals surface area contributed by atoms with Gasteiger partial charge in [0.25, 0.3) is 0 Å². The van der Waals surface area contributed by atoms with Crippen LogP contribution in [0.2, 0.25) is 15.1 Å². The van der Waals surface area contributed by atoms with E-state index in [1.54, 1.807) is 13.0 Å². The molecule has 0 unspecified atom stereocenters. The molecule has 9 heteroatoms. The van der Waals surface area contributed by atoms with Crippen molar-refractivity contribution in [2.45, 2.75) is 6.92 Å². The Labute approximate surface area is 154 Å². The molecule has 24 heavy (non-hydrogen) atoms. The summed E-state index contributed by atoms with van der Waals surface area (Å²) in [6.45, 7) is 4.57. The van der Waals surface area contributed by atoms with E-state index in [0.717, 1.165) is 0 Å². The first kappa shape index (κ1) is 20.0. The molecule has 0 spiro atoms. The predicted octanol–water partition coefficient (Wildman–Crippen LogP) is 4.21. The van der Waals surface area contributed by atoms with Crippen molar-refractivity contribution in [2.24, 2.45) is 4.99 Å². The van der Waals surface area contributed by atoms with Gasteiger partial charge in [0, 0.05) is 17.8 Å². The Morgan fingerprint density at radius 1 is 1.33 bits per heavy atom. The highest BCUT2D eigenvalue weighted by Gasteiger charge is 2.11. The Balaban J connectivity index is 2.53. The fourth-order valence-electron chi connectivity index (χ4n) is 1.40. The largest absolute Gasteiger partial charge is 0.480 e. The normalized spacial score (nSPS) is 11.2. The molecule has 0 amide bonds. The second-order valence-electron chi connectivity index (χ2n) is 4.18. The number of nitrogens with zero attached hydrogens (tertiary/aromatic N) is 1. The van der Waals surface area contributed by atoms with Crippen molar-refractivity contribution in [1.82, 2.24) is 5.48 Å². The van der Waals surface area contributed by atoms with Crippen LogP contribution < -0.4 is 10.2 Å². The first-order valence-corrected chi connectivity index (χ1v) is 7.63. The molecule has 0 radical (unpaired) electrons. The van der Waals surface area contributed by atoms with Gasteiger partial charge in [-0.2, -0.15) is 0 Å². The maximum atomic E-state index is 11.6. The van der Waals surface area contributed by atoms with E-state index in [0.29, 0.717) is 5.57 Å². The zero-order valence-electron chi connectivity index (χ0n) is 12.6. The van der Waals surface area contributed by atoms with Crippen LogP contribution in [0.5, 0.6) is 5.75 Å². The molecule has 0 atom stereocenters. The summed E-state index contributed by atoms with van der Waals surface area (Å²) in [6.07, 6.45) is 4.57. The second-order valence-corrected chi connectivity index (χ2v) is 5.40. The number of halogens is 3. The van der Waals surface area contributed by atoms with Crippen LogP contribution in [0, 0.1) is 5.41 Å². The van der Waals surface area contributed by atoms with Crippen molar-refractivity contribution >= 4 is 53.3 Å². The smallest absolute Gasteiger partial charge is 0.369 e. The number of amidine groups is 1. The average molecular weight is 391 g/mol. The van der Waals surface area contributed by atoms with Gasteiger partial charge in [0.1, 0.15) is 5.75 Å². The molecule has 1 rings (SSSR count). The van der Waals surface area contributed by atoms with Gasteiger partial charge in [-0.05, 0) is 25.8 Å². The topological polar surface area (TPSA) is 83.8 Å². The Kier molecular flexibility index (Phi) is 8.32. The van der Waals surface area contributed by atoms with Gasteiger partial charge in [-0.15, -0.1) is 0 Å². The van der Waals surface area contributed by atoms with Gasteiger partial charge in [0.2, 0.25) is 0 Å². The van der Waals surface area contributed by atoms with Crippen LogP contribution in [0.25, 0.3) is 0 Å². The van der Waals surface area contributed by atoms with E-state index < -0.39 is 12.6 Å². The van der Waals surface area contributed by atoms with Gasteiger partial charge in [-0.3, -0.25) is 10.4 Å². The molecule has 0 aliphatic carbocycles. The van der Waals surface area contributed by atoms with Crippen LogP contribution in [0.3, 0.4) is 0 Å². The van der Waals surface area contributed by atoms with Gasteiger partial charge >= 0.3 is 5.97 Å². The van der Waals surface area contributed by atoms with E-state index in [-0.39, 0.29) is 26.7 Å².